The number of carbonyl (C=O) groups is 2. The number of nitrogens with one attached hydrogen (secondary N) is 2. The molecule has 1 aromatic carbocycles. The van der Waals surface area contributed by atoms with Gasteiger partial charge in [-0.25, -0.2) is 0 Å². The Morgan fingerprint density at radius 1 is 1.23 bits per heavy atom. The van der Waals surface area contributed by atoms with E-state index in [9.17, 15) is 9.59 Å². The van der Waals surface area contributed by atoms with Crippen LogP contribution in [0.25, 0.3) is 0 Å². The average molecular weight is 359 g/mol. The van der Waals surface area contributed by atoms with Crippen molar-refractivity contribution >= 4 is 11.8 Å². The van der Waals surface area contributed by atoms with Crippen molar-refractivity contribution in [1.29, 1.82) is 0 Å². The first kappa shape index (κ1) is 18.7. The van der Waals surface area contributed by atoms with Gasteiger partial charge in [0.2, 0.25) is 5.91 Å². The fourth-order valence-corrected chi connectivity index (χ4v) is 3.80. The Hall–Kier alpha value is -2.08. The lowest BCUT2D eigenvalue weighted by Gasteiger charge is -2.24. The fraction of sp³-hybridized carbons (Fsp3) is 0.600. The van der Waals surface area contributed by atoms with Gasteiger partial charge in [-0.3, -0.25) is 9.59 Å². The lowest BCUT2D eigenvalue weighted by molar-refractivity contribution is -0.131. The Morgan fingerprint density at radius 3 is 2.88 bits per heavy atom. The summed E-state index contributed by atoms with van der Waals surface area (Å²) in [4.78, 5) is 26.8. The zero-order valence-electron chi connectivity index (χ0n) is 15.5. The summed E-state index contributed by atoms with van der Waals surface area (Å²) >= 11 is 0. The van der Waals surface area contributed by atoms with Crippen LogP contribution in [0, 0.1) is 0 Å². The van der Waals surface area contributed by atoms with Gasteiger partial charge in [-0.2, -0.15) is 0 Å². The number of ether oxygens (including phenoxy) is 1. The van der Waals surface area contributed by atoms with Crippen molar-refractivity contribution in [3.05, 3.63) is 29.8 Å². The summed E-state index contributed by atoms with van der Waals surface area (Å²) in [5.74, 6) is 0.636. The van der Waals surface area contributed by atoms with E-state index in [0.717, 1.165) is 19.5 Å². The number of rotatable bonds is 7. The highest BCUT2D eigenvalue weighted by molar-refractivity contribution is 5.96. The molecule has 1 aromatic rings. The van der Waals surface area contributed by atoms with Crippen LogP contribution in [0.5, 0.6) is 5.75 Å². The van der Waals surface area contributed by atoms with Crippen LogP contribution in [0.4, 0.5) is 0 Å². The largest absolute Gasteiger partial charge is 0.493 e. The van der Waals surface area contributed by atoms with Crippen molar-refractivity contribution in [1.82, 2.24) is 15.5 Å². The first-order chi connectivity index (χ1) is 12.7. The zero-order chi connectivity index (χ0) is 18.4. The number of fused-ring (bicyclic) bond motifs is 2. The van der Waals surface area contributed by atoms with Crippen LogP contribution < -0.4 is 15.4 Å². The van der Waals surface area contributed by atoms with Gasteiger partial charge in [-0.05, 0) is 44.7 Å². The second kappa shape index (κ2) is 9.03. The number of para-hydroxylation sites is 1. The molecular formula is C20H29N3O3. The molecule has 6 nitrogen and oxygen atoms in total. The first-order valence-electron chi connectivity index (χ1n) is 9.71. The van der Waals surface area contributed by atoms with E-state index in [1.165, 1.54) is 12.8 Å². The van der Waals surface area contributed by atoms with Crippen LogP contribution in [0.15, 0.2) is 24.3 Å². The minimum atomic E-state index is -0.155. The molecule has 2 aliphatic heterocycles. The summed E-state index contributed by atoms with van der Waals surface area (Å²) < 4.78 is 5.49. The number of hydrogen-bond acceptors (Lipinski definition) is 4. The smallest absolute Gasteiger partial charge is 0.255 e. The molecule has 142 valence electrons. The van der Waals surface area contributed by atoms with Gasteiger partial charge in [0.05, 0.1) is 12.2 Å². The zero-order valence-corrected chi connectivity index (χ0v) is 15.5. The van der Waals surface area contributed by atoms with Crippen LogP contribution in [-0.4, -0.2) is 55.0 Å². The third-order valence-corrected chi connectivity index (χ3v) is 5.16. The van der Waals surface area contributed by atoms with Crippen LogP contribution in [0.3, 0.4) is 0 Å². The van der Waals surface area contributed by atoms with Crippen molar-refractivity contribution in [3.8, 4) is 5.75 Å². The minimum Gasteiger partial charge on any atom is -0.493 e. The second-order valence-electron chi connectivity index (χ2n) is 7.05. The van der Waals surface area contributed by atoms with E-state index in [1.807, 2.05) is 24.0 Å². The lowest BCUT2D eigenvalue weighted by Crippen LogP contribution is -2.39. The molecule has 0 aromatic heterocycles. The molecule has 26 heavy (non-hydrogen) atoms. The predicted molar refractivity (Wildman–Crippen MR) is 100 cm³/mol. The summed E-state index contributed by atoms with van der Waals surface area (Å²) in [7, 11) is 0. The number of amides is 2. The van der Waals surface area contributed by atoms with E-state index < -0.39 is 0 Å². The Labute approximate surface area is 155 Å². The summed E-state index contributed by atoms with van der Waals surface area (Å²) in [6.07, 6.45) is 4.59. The van der Waals surface area contributed by atoms with Gasteiger partial charge in [0.1, 0.15) is 5.75 Å². The highest BCUT2D eigenvalue weighted by atomic mass is 16.5. The molecule has 2 aliphatic rings. The molecule has 0 aliphatic carbocycles. The standard InChI is InChI=1S/C20H29N3O3/c1-2-26-18-7-4-3-6-17(18)20(25)21-12-5-8-19(24)23-13-11-15-9-10-16(14-23)22-15/h3-4,6-7,15-16,22H,2,5,8-14H2,1H3,(H,21,25). The maximum absolute atomic E-state index is 12.4. The number of likely N-dealkylation sites (tertiary alicyclic amines) is 1. The maximum Gasteiger partial charge on any atom is 0.255 e. The summed E-state index contributed by atoms with van der Waals surface area (Å²) in [6.45, 7) is 4.57. The maximum atomic E-state index is 12.4. The highest BCUT2D eigenvalue weighted by Crippen LogP contribution is 2.21. The van der Waals surface area contributed by atoms with Crippen molar-refractivity contribution in [2.75, 3.05) is 26.2 Å². The predicted octanol–water partition coefficient (Wildman–Crippen LogP) is 1.95. The molecule has 2 saturated heterocycles. The van der Waals surface area contributed by atoms with E-state index in [1.54, 1.807) is 12.1 Å². The van der Waals surface area contributed by atoms with Crippen LogP contribution in [-0.2, 0) is 4.79 Å². The molecule has 2 N–H and O–H groups in total. The van der Waals surface area contributed by atoms with E-state index in [-0.39, 0.29) is 11.8 Å². The van der Waals surface area contributed by atoms with Crippen LogP contribution in [0.1, 0.15) is 49.4 Å². The van der Waals surface area contributed by atoms with Crippen LogP contribution >= 0.6 is 0 Å². The first-order valence-corrected chi connectivity index (χ1v) is 9.71. The average Bonchev–Trinajstić information content (AvgIpc) is 2.98. The summed E-state index contributed by atoms with van der Waals surface area (Å²) in [5.41, 5.74) is 0.537. The third kappa shape index (κ3) is 4.75. The molecule has 3 rings (SSSR count). The van der Waals surface area contributed by atoms with Gasteiger partial charge in [0.15, 0.2) is 0 Å². The Morgan fingerprint density at radius 2 is 2.04 bits per heavy atom. The Kier molecular flexibility index (Phi) is 6.50. The van der Waals surface area contributed by atoms with Gasteiger partial charge >= 0.3 is 0 Å². The molecule has 0 radical (unpaired) electrons. The van der Waals surface area contributed by atoms with Gasteiger partial charge in [0, 0.05) is 38.1 Å². The number of benzene rings is 1. The third-order valence-electron chi connectivity index (χ3n) is 5.16. The van der Waals surface area contributed by atoms with Gasteiger partial charge in [-0.1, -0.05) is 12.1 Å². The van der Waals surface area contributed by atoms with E-state index in [0.29, 0.717) is 49.4 Å². The molecule has 0 spiro atoms. The van der Waals surface area contributed by atoms with Crippen LogP contribution in [0.2, 0.25) is 0 Å². The molecule has 2 atom stereocenters. The Bertz CT molecular complexity index is 634. The number of carbonyl (C=O) groups excluding carboxylic acids is 2. The molecular weight excluding hydrogens is 330 g/mol. The molecule has 6 heteroatoms. The Balaban J connectivity index is 1.41. The van der Waals surface area contributed by atoms with Crippen molar-refractivity contribution in [2.24, 2.45) is 0 Å². The van der Waals surface area contributed by atoms with Crippen molar-refractivity contribution in [3.63, 3.8) is 0 Å². The lowest BCUT2D eigenvalue weighted by atomic mass is 10.1. The normalized spacial score (nSPS) is 22.0. The molecule has 2 unspecified atom stereocenters. The summed E-state index contributed by atoms with van der Waals surface area (Å²) in [5, 5.41) is 6.48. The van der Waals surface area contributed by atoms with Crippen molar-refractivity contribution in [2.45, 2.75) is 51.1 Å². The SMILES string of the molecule is CCOc1ccccc1C(=O)NCCCC(=O)N1CCC2CCC(C1)N2. The molecule has 2 bridgehead atoms. The molecule has 2 fully saturated rings. The minimum absolute atomic E-state index is 0.155. The van der Waals surface area contributed by atoms with Gasteiger partial charge < -0.3 is 20.3 Å². The number of nitrogens with zero attached hydrogens (tertiary/aromatic N) is 1. The topological polar surface area (TPSA) is 70.7 Å². The highest BCUT2D eigenvalue weighted by Gasteiger charge is 2.30. The van der Waals surface area contributed by atoms with E-state index in [2.05, 4.69) is 10.6 Å². The molecule has 2 amide bonds. The molecule has 2 heterocycles. The second-order valence-corrected chi connectivity index (χ2v) is 7.05. The molecule has 0 saturated carbocycles. The summed E-state index contributed by atoms with van der Waals surface area (Å²) in [6, 6.07) is 8.27. The van der Waals surface area contributed by atoms with Crippen molar-refractivity contribution < 1.29 is 14.3 Å². The quantitative estimate of drug-likeness (QED) is 0.730. The van der Waals surface area contributed by atoms with Gasteiger partial charge in [0.25, 0.3) is 5.91 Å². The fourth-order valence-electron chi connectivity index (χ4n) is 3.80. The monoisotopic (exact) mass is 359 g/mol. The van der Waals surface area contributed by atoms with Gasteiger partial charge in [-0.15, -0.1) is 0 Å². The van der Waals surface area contributed by atoms with E-state index >= 15 is 0 Å². The number of hydrogen-bond donors (Lipinski definition) is 2. The van der Waals surface area contributed by atoms with E-state index in [4.69, 9.17) is 4.74 Å².